The van der Waals surface area contributed by atoms with Gasteiger partial charge in [0.15, 0.2) is 0 Å². The van der Waals surface area contributed by atoms with Crippen molar-refractivity contribution in [2.75, 3.05) is 18.1 Å². The van der Waals surface area contributed by atoms with E-state index in [1.807, 2.05) is 0 Å². The Bertz CT molecular complexity index is 383. The van der Waals surface area contributed by atoms with Gasteiger partial charge in [0, 0.05) is 0 Å². The molecule has 1 aliphatic heterocycles. The van der Waals surface area contributed by atoms with Crippen LogP contribution in [0.15, 0.2) is 24.3 Å². The molecule has 2 rings (SSSR count). The molecule has 1 nitrogen and oxygen atoms in total. The molecule has 0 aromatic heterocycles. The first-order chi connectivity index (χ1) is 10.3. The maximum atomic E-state index is 5.66. The minimum atomic E-state index is 0.618. The topological polar surface area (TPSA) is 9.23 Å². The molecule has 0 amide bonds. The van der Waals surface area contributed by atoms with E-state index in [-0.39, 0.29) is 0 Å². The number of rotatable bonds is 8. The number of thioether (sulfide) groups is 2. The zero-order valence-corrected chi connectivity index (χ0v) is 15.0. The third-order valence-electron chi connectivity index (χ3n) is 3.81. The molecule has 0 N–H and O–H groups in total. The Labute approximate surface area is 138 Å². The zero-order chi connectivity index (χ0) is 14.9. The lowest BCUT2D eigenvalue weighted by Crippen LogP contribution is -2.14. The lowest BCUT2D eigenvalue weighted by atomic mass is 10.1. The predicted octanol–water partition coefficient (Wildman–Crippen LogP) is 6.15. The minimum Gasteiger partial charge on any atom is -0.494 e. The van der Waals surface area contributed by atoms with Crippen molar-refractivity contribution in [2.24, 2.45) is 5.92 Å². The summed E-state index contributed by atoms with van der Waals surface area (Å²) in [5, 5.41) is 0. The van der Waals surface area contributed by atoms with Gasteiger partial charge in [0.05, 0.1) is 11.2 Å². The van der Waals surface area contributed by atoms with Crippen LogP contribution in [0.2, 0.25) is 0 Å². The summed E-state index contributed by atoms with van der Waals surface area (Å²) in [5.74, 6) is 4.59. The fourth-order valence-corrected chi connectivity index (χ4v) is 5.69. The summed E-state index contributed by atoms with van der Waals surface area (Å²) in [6, 6.07) is 8.74. The van der Waals surface area contributed by atoms with E-state index in [1.54, 1.807) is 0 Å². The standard InChI is InChI=1S/C18H28OS2/c1-3-5-6-7-15-13-20-18(21-14-15)16-8-10-17(11-9-16)19-12-4-2/h8-11,15,18H,3-7,12-14H2,1-2H3. The highest BCUT2D eigenvalue weighted by Crippen LogP contribution is 2.46. The smallest absolute Gasteiger partial charge is 0.119 e. The van der Waals surface area contributed by atoms with Crippen LogP contribution in [0.3, 0.4) is 0 Å². The average Bonchev–Trinajstić information content (AvgIpc) is 2.54. The Kier molecular flexibility index (Phi) is 7.87. The quantitative estimate of drug-likeness (QED) is 0.531. The number of hydrogen-bond acceptors (Lipinski definition) is 3. The van der Waals surface area contributed by atoms with Crippen LogP contribution in [0.25, 0.3) is 0 Å². The molecule has 1 fully saturated rings. The summed E-state index contributed by atoms with van der Waals surface area (Å²) in [5.41, 5.74) is 1.45. The molecule has 21 heavy (non-hydrogen) atoms. The molecular formula is C18H28OS2. The van der Waals surface area contributed by atoms with Crippen molar-refractivity contribution >= 4 is 23.5 Å². The molecule has 0 radical (unpaired) electrons. The molecule has 3 heteroatoms. The molecule has 1 heterocycles. The molecule has 0 saturated carbocycles. The van der Waals surface area contributed by atoms with E-state index in [4.69, 9.17) is 4.74 Å². The van der Waals surface area contributed by atoms with Crippen molar-refractivity contribution < 1.29 is 4.74 Å². The lowest BCUT2D eigenvalue weighted by molar-refractivity contribution is 0.317. The summed E-state index contributed by atoms with van der Waals surface area (Å²) in [6.45, 7) is 5.24. The summed E-state index contributed by atoms with van der Waals surface area (Å²) in [6.07, 6.45) is 6.63. The minimum absolute atomic E-state index is 0.618. The van der Waals surface area contributed by atoms with Gasteiger partial charge in [-0.15, -0.1) is 23.5 Å². The van der Waals surface area contributed by atoms with E-state index < -0.39 is 0 Å². The normalized spacial score (nSPS) is 22.2. The van der Waals surface area contributed by atoms with Crippen LogP contribution in [0.4, 0.5) is 0 Å². The Hall–Kier alpha value is -0.280. The average molecular weight is 325 g/mol. The number of ether oxygens (including phenoxy) is 1. The second-order valence-electron chi connectivity index (χ2n) is 5.78. The highest BCUT2D eigenvalue weighted by Gasteiger charge is 2.23. The first kappa shape index (κ1) is 17.1. The van der Waals surface area contributed by atoms with Crippen LogP contribution in [0.1, 0.15) is 56.1 Å². The fraction of sp³-hybridized carbons (Fsp3) is 0.667. The number of benzene rings is 1. The molecule has 118 valence electrons. The Morgan fingerprint density at radius 3 is 2.33 bits per heavy atom. The van der Waals surface area contributed by atoms with Gasteiger partial charge < -0.3 is 4.74 Å². The van der Waals surface area contributed by atoms with Crippen molar-refractivity contribution in [1.82, 2.24) is 0 Å². The predicted molar refractivity (Wildman–Crippen MR) is 97.5 cm³/mol. The second kappa shape index (κ2) is 9.68. The van der Waals surface area contributed by atoms with Gasteiger partial charge in [-0.05, 0) is 48.0 Å². The van der Waals surface area contributed by atoms with Crippen molar-refractivity contribution in [3.8, 4) is 5.75 Å². The third kappa shape index (κ3) is 5.78. The molecule has 0 bridgehead atoms. The van der Waals surface area contributed by atoms with E-state index in [0.717, 1.165) is 24.7 Å². The highest BCUT2D eigenvalue weighted by atomic mass is 32.2. The van der Waals surface area contributed by atoms with Crippen molar-refractivity contribution in [1.29, 1.82) is 0 Å². The Morgan fingerprint density at radius 1 is 1.00 bits per heavy atom. The third-order valence-corrected chi connectivity index (χ3v) is 7.10. The Balaban J connectivity index is 1.76. The highest BCUT2D eigenvalue weighted by molar-refractivity contribution is 8.16. The molecular weight excluding hydrogens is 296 g/mol. The van der Waals surface area contributed by atoms with Crippen LogP contribution in [0, 0.1) is 5.92 Å². The first-order valence-electron chi connectivity index (χ1n) is 8.29. The maximum absolute atomic E-state index is 5.66. The molecule has 1 aliphatic rings. The van der Waals surface area contributed by atoms with Crippen LogP contribution >= 0.6 is 23.5 Å². The van der Waals surface area contributed by atoms with Crippen molar-refractivity contribution in [3.63, 3.8) is 0 Å². The summed E-state index contributed by atoms with van der Waals surface area (Å²) >= 11 is 4.26. The monoisotopic (exact) mass is 324 g/mol. The second-order valence-corrected chi connectivity index (χ2v) is 8.35. The zero-order valence-electron chi connectivity index (χ0n) is 13.3. The van der Waals surface area contributed by atoms with Gasteiger partial charge in [-0.25, -0.2) is 0 Å². The lowest BCUT2D eigenvalue weighted by Gasteiger charge is -2.28. The molecule has 0 spiro atoms. The van der Waals surface area contributed by atoms with Crippen LogP contribution in [0.5, 0.6) is 5.75 Å². The molecule has 0 aliphatic carbocycles. The summed E-state index contributed by atoms with van der Waals surface area (Å²) in [7, 11) is 0. The van der Waals surface area contributed by atoms with E-state index in [2.05, 4.69) is 61.6 Å². The molecule has 0 atom stereocenters. The van der Waals surface area contributed by atoms with Gasteiger partial charge in [-0.1, -0.05) is 45.2 Å². The maximum Gasteiger partial charge on any atom is 0.119 e. The molecule has 1 aromatic carbocycles. The van der Waals surface area contributed by atoms with Crippen molar-refractivity contribution in [2.45, 2.75) is 50.5 Å². The Morgan fingerprint density at radius 2 is 1.71 bits per heavy atom. The SMILES string of the molecule is CCCCCC1CSC(c2ccc(OCCC)cc2)SC1. The van der Waals surface area contributed by atoms with E-state index in [9.17, 15) is 0 Å². The van der Waals surface area contributed by atoms with Gasteiger partial charge in [0.25, 0.3) is 0 Å². The van der Waals surface area contributed by atoms with E-state index >= 15 is 0 Å². The van der Waals surface area contributed by atoms with Gasteiger partial charge in [0.2, 0.25) is 0 Å². The van der Waals surface area contributed by atoms with Crippen LogP contribution in [-0.4, -0.2) is 18.1 Å². The number of hydrogen-bond donors (Lipinski definition) is 0. The van der Waals surface area contributed by atoms with Crippen LogP contribution < -0.4 is 4.74 Å². The van der Waals surface area contributed by atoms with E-state index in [1.165, 1.54) is 42.8 Å². The summed E-state index contributed by atoms with van der Waals surface area (Å²) in [4.78, 5) is 0. The van der Waals surface area contributed by atoms with Gasteiger partial charge >= 0.3 is 0 Å². The van der Waals surface area contributed by atoms with Gasteiger partial charge in [-0.2, -0.15) is 0 Å². The van der Waals surface area contributed by atoms with E-state index in [0.29, 0.717) is 4.58 Å². The molecule has 1 saturated heterocycles. The fourth-order valence-electron chi connectivity index (χ4n) is 2.53. The van der Waals surface area contributed by atoms with Crippen LogP contribution in [-0.2, 0) is 0 Å². The number of unbranched alkanes of at least 4 members (excludes halogenated alkanes) is 2. The molecule has 1 aromatic rings. The van der Waals surface area contributed by atoms with Gasteiger partial charge in [0.1, 0.15) is 5.75 Å². The summed E-state index contributed by atoms with van der Waals surface area (Å²) < 4.78 is 6.27. The largest absolute Gasteiger partial charge is 0.494 e. The van der Waals surface area contributed by atoms with Gasteiger partial charge in [-0.3, -0.25) is 0 Å². The van der Waals surface area contributed by atoms with Crippen molar-refractivity contribution in [3.05, 3.63) is 29.8 Å². The first-order valence-corrected chi connectivity index (χ1v) is 10.4. The molecule has 0 unspecified atom stereocenters.